The Hall–Kier alpha value is -3.39. The number of allylic oxidation sites excluding steroid dienone is 1. The summed E-state index contributed by atoms with van der Waals surface area (Å²) in [5.41, 5.74) is 10.1. The van der Waals surface area contributed by atoms with Crippen LogP contribution in [0.5, 0.6) is 0 Å². The van der Waals surface area contributed by atoms with Gasteiger partial charge in [0.2, 0.25) is 0 Å². The number of piperidine rings is 1. The number of H-pyrrole nitrogens is 1. The Morgan fingerprint density at radius 1 is 1.28 bits per heavy atom. The number of aromatic amines is 1. The molecule has 1 aliphatic rings. The molecule has 3 aromatic heterocycles. The molecule has 4 heterocycles. The summed E-state index contributed by atoms with van der Waals surface area (Å²) < 4.78 is 0. The number of hydrogen-bond donors (Lipinski definition) is 6. The van der Waals surface area contributed by atoms with E-state index in [0.29, 0.717) is 29.8 Å². The van der Waals surface area contributed by atoms with Gasteiger partial charge in [0.15, 0.2) is 0 Å². The average molecular weight is 390 g/mol. The zero-order valence-corrected chi connectivity index (χ0v) is 16.2. The summed E-state index contributed by atoms with van der Waals surface area (Å²) in [5, 5.41) is 19.0. The van der Waals surface area contributed by atoms with E-state index in [1.165, 1.54) is 6.21 Å². The fraction of sp³-hybridized carbons (Fsp3) is 0.286. The lowest BCUT2D eigenvalue weighted by Gasteiger charge is -2.23. The van der Waals surface area contributed by atoms with Gasteiger partial charge in [0.1, 0.15) is 11.5 Å². The van der Waals surface area contributed by atoms with Crippen LogP contribution in [0.4, 0.5) is 11.5 Å². The first kappa shape index (κ1) is 18.9. The molecule has 7 N–H and O–H groups in total. The molecule has 0 saturated carbocycles. The van der Waals surface area contributed by atoms with Crippen LogP contribution >= 0.6 is 0 Å². The Balaban J connectivity index is 1.49. The molecule has 8 nitrogen and oxygen atoms in total. The number of nitrogen functional groups attached to an aromatic ring is 1. The highest BCUT2D eigenvalue weighted by Gasteiger charge is 2.12. The van der Waals surface area contributed by atoms with Gasteiger partial charge in [0.05, 0.1) is 11.4 Å². The monoisotopic (exact) mass is 390 g/mol. The van der Waals surface area contributed by atoms with Crippen LogP contribution in [0.1, 0.15) is 24.1 Å². The first-order chi connectivity index (χ1) is 14.2. The van der Waals surface area contributed by atoms with Crippen LogP contribution in [0.2, 0.25) is 0 Å². The van der Waals surface area contributed by atoms with Crippen molar-refractivity contribution in [1.29, 1.82) is 5.41 Å². The van der Waals surface area contributed by atoms with Gasteiger partial charge >= 0.3 is 0 Å². The van der Waals surface area contributed by atoms with Crippen LogP contribution in [0.15, 0.2) is 42.9 Å². The molecule has 1 aliphatic heterocycles. The van der Waals surface area contributed by atoms with E-state index in [1.54, 1.807) is 6.20 Å². The van der Waals surface area contributed by atoms with Crippen molar-refractivity contribution in [3.8, 4) is 0 Å². The smallest absolute Gasteiger partial charge is 0.150 e. The molecule has 1 fully saturated rings. The highest BCUT2D eigenvalue weighted by molar-refractivity contribution is 6.07. The minimum absolute atomic E-state index is 0.424. The number of aromatic nitrogens is 3. The van der Waals surface area contributed by atoms with Crippen molar-refractivity contribution < 1.29 is 0 Å². The van der Waals surface area contributed by atoms with Crippen LogP contribution in [0, 0.1) is 5.41 Å². The summed E-state index contributed by atoms with van der Waals surface area (Å²) >= 11 is 0. The second kappa shape index (κ2) is 8.74. The third-order valence-corrected chi connectivity index (χ3v) is 5.17. The molecule has 29 heavy (non-hydrogen) atoms. The fourth-order valence-electron chi connectivity index (χ4n) is 3.50. The lowest BCUT2D eigenvalue weighted by atomic mass is 10.1. The molecule has 8 heteroatoms. The first-order valence-electron chi connectivity index (χ1n) is 9.84. The van der Waals surface area contributed by atoms with Crippen molar-refractivity contribution >= 4 is 34.3 Å². The van der Waals surface area contributed by atoms with Crippen molar-refractivity contribution in [2.45, 2.75) is 25.4 Å². The largest absolute Gasteiger partial charge is 0.396 e. The molecular weight excluding hydrogens is 364 g/mol. The first-order valence-corrected chi connectivity index (χ1v) is 9.84. The van der Waals surface area contributed by atoms with Crippen LogP contribution in [0.3, 0.4) is 0 Å². The van der Waals surface area contributed by atoms with Gasteiger partial charge in [-0.2, -0.15) is 0 Å². The molecule has 0 atom stereocenters. The summed E-state index contributed by atoms with van der Waals surface area (Å²) in [6, 6.07) is 8.04. The van der Waals surface area contributed by atoms with Gasteiger partial charge in [-0.05, 0) is 55.8 Å². The van der Waals surface area contributed by atoms with Crippen LogP contribution < -0.4 is 21.7 Å². The van der Waals surface area contributed by atoms with Crippen molar-refractivity contribution in [2.24, 2.45) is 0 Å². The maximum Gasteiger partial charge on any atom is 0.150 e. The van der Waals surface area contributed by atoms with Crippen LogP contribution in [0.25, 0.3) is 16.6 Å². The lowest BCUT2D eigenvalue weighted by Crippen LogP contribution is -2.37. The number of nitrogens with one attached hydrogen (secondary N) is 5. The second-order valence-electron chi connectivity index (χ2n) is 7.14. The molecule has 0 radical (unpaired) electrons. The maximum atomic E-state index is 7.80. The molecule has 0 amide bonds. The lowest BCUT2D eigenvalue weighted by molar-refractivity contribution is 0.420. The number of pyridine rings is 2. The highest BCUT2D eigenvalue weighted by atomic mass is 15.0. The Bertz CT molecular complexity index is 1020. The Labute approximate surface area is 169 Å². The maximum absolute atomic E-state index is 7.80. The SMILES string of the molecule is N=C/C(=C\NC1CCNCC1)c1ccc(N)c(NCc2c[nH]c3ncccc23)n1. The van der Waals surface area contributed by atoms with E-state index < -0.39 is 0 Å². The van der Waals surface area contributed by atoms with Gasteiger partial charge in [0, 0.05) is 48.4 Å². The second-order valence-corrected chi connectivity index (χ2v) is 7.14. The summed E-state index contributed by atoms with van der Waals surface area (Å²) in [5.74, 6) is 0.607. The van der Waals surface area contributed by atoms with E-state index in [4.69, 9.17) is 11.1 Å². The summed E-state index contributed by atoms with van der Waals surface area (Å²) in [6.07, 6.45) is 9.06. The number of hydrogen-bond acceptors (Lipinski definition) is 7. The van der Waals surface area contributed by atoms with Gasteiger partial charge < -0.3 is 32.1 Å². The number of fused-ring (bicyclic) bond motifs is 1. The molecule has 4 rings (SSSR count). The predicted molar refractivity (Wildman–Crippen MR) is 118 cm³/mol. The number of rotatable bonds is 7. The topological polar surface area (TPSA) is 128 Å². The molecule has 0 aromatic carbocycles. The number of anilines is 2. The zero-order valence-electron chi connectivity index (χ0n) is 16.2. The molecule has 0 bridgehead atoms. The highest BCUT2D eigenvalue weighted by Crippen LogP contribution is 2.22. The van der Waals surface area contributed by atoms with E-state index in [1.807, 2.05) is 36.7 Å². The van der Waals surface area contributed by atoms with Gasteiger partial charge in [-0.3, -0.25) is 0 Å². The standard InChI is InChI=1S/C21H26N8/c22-10-14(11-26-16-5-8-24-9-6-16)19-4-3-18(23)21(29-19)28-13-15-12-27-20-17(15)2-1-7-25-20/h1-4,7,10-12,16,22,24,26H,5-6,8-9,13,23H2,(H,25,27)(H,28,29)/b14-11+,22-10?. The number of nitrogens with two attached hydrogens (primary N) is 1. The average Bonchev–Trinajstić information content (AvgIpc) is 3.18. The van der Waals surface area contributed by atoms with Crippen molar-refractivity contribution in [2.75, 3.05) is 24.1 Å². The summed E-state index contributed by atoms with van der Waals surface area (Å²) in [4.78, 5) is 12.1. The van der Waals surface area contributed by atoms with Crippen molar-refractivity contribution in [1.82, 2.24) is 25.6 Å². The molecular formula is C21H26N8. The van der Waals surface area contributed by atoms with Crippen LogP contribution in [-0.4, -0.2) is 40.3 Å². The minimum Gasteiger partial charge on any atom is -0.396 e. The Morgan fingerprint density at radius 3 is 2.97 bits per heavy atom. The minimum atomic E-state index is 0.424. The van der Waals surface area contributed by atoms with E-state index in [-0.39, 0.29) is 0 Å². The van der Waals surface area contributed by atoms with Gasteiger partial charge in [-0.25, -0.2) is 9.97 Å². The summed E-state index contributed by atoms with van der Waals surface area (Å²) in [6.45, 7) is 2.61. The Morgan fingerprint density at radius 2 is 2.14 bits per heavy atom. The van der Waals surface area contributed by atoms with Crippen molar-refractivity contribution in [3.05, 3.63) is 54.1 Å². The van der Waals surface area contributed by atoms with E-state index >= 15 is 0 Å². The fourth-order valence-corrected chi connectivity index (χ4v) is 3.50. The van der Waals surface area contributed by atoms with E-state index in [2.05, 4.69) is 30.9 Å². The Kier molecular flexibility index (Phi) is 5.71. The number of nitrogens with zero attached hydrogens (tertiary/aromatic N) is 2. The van der Waals surface area contributed by atoms with Crippen LogP contribution in [-0.2, 0) is 6.54 Å². The predicted octanol–water partition coefficient (Wildman–Crippen LogP) is 2.48. The molecule has 0 spiro atoms. The molecule has 3 aromatic rings. The van der Waals surface area contributed by atoms with Gasteiger partial charge in [-0.1, -0.05) is 0 Å². The van der Waals surface area contributed by atoms with Gasteiger partial charge in [0.25, 0.3) is 0 Å². The summed E-state index contributed by atoms with van der Waals surface area (Å²) in [7, 11) is 0. The van der Waals surface area contributed by atoms with E-state index in [9.17, 15) is 0 Å². The third-order valence-electron chi connectivity index (χ3n) is 5.17. The van der Waals surface area contributed by atoms with E-state index in [0.717, 1.165) is 48.1 Å². The molecule has 150 valence electrons. The zero-order chi connectivity index (χ0) is 20.1. The molecule has 0 unspecified atom stereocenters. The molecule has 1 saturated heterocycles. The van der Waals surface area contributed by atoms with Crippen molar-refractivity contribution in [3.63, 3.8) is 0 Å². The normalized spacial score (nSPS) is 15.4. The van der Waals surface area contributed by atoms with Gasteiger partial charge in [-0.15, -0.1) is 0 Å². The third kappa shape index (κ3) is 4.38. The molecule has 0 aliphatic carbocycles. The quantitative estimate of drug-likeness (QED) is 0.344.